The van der Waals surface area contributed by atoms with Gasteiger partial charge in [0.25, 0.3) is 5.91 Å². The van der Waals surface area contributed by atoms with Crippen molar-refractivity contribution in [2.75, 3.05) is 37.0 Å². The number of alkyl halides is 6. The molecule has 2 aromatic rings. The van der Waals surface area contributed by atoms with E-state index in [0.29, 0.717) is 17.4 Å². The van der Waals surface area contributed by atoms with E-state index in [1.54, 1.807) is 0 Å². The summed E-state index contributed by atoms with van der Waals surface area (Å²) in [6, 6.07) is 4.21. The van der Waals surface area contributed by atoms with Crippen LogP contribution >= 0.6 is 19.4 Å². The Morgan fingerprint density at radius 1 is 0.895 bits per heavy atom. The molecule has 2 rings (SSSR count). The largest absolute Gasteiger partial charge is 0.466 e. The number of benzene rings is 2. The maximum absolute atomic E-state index is 13.1. The highest BCUT2D eigenvalue weighted by Crippen LogP contribution is 2.38. The van der Waals surface area contributed by atoms with Crippen molar-refractivity contribution in [3.05, 3.63) is 58.1 Å². The van der Waals surface area contributed by atoms with Crippen LogP contribution in [0.15, 0.2) is 36.4 Å². The van der Waals surface area contributed by atoms with Crippen LogP contribution in [0.3, 0.4) is 0 Å². The topological polar surface area (TPSA) is 169 Å². The maximum atomic E-state index is 13.1. The lowest BCUT2D eigenvalue weighted by Crippen LogP contribution is -2.29. The van der Waals surface area contributed by atoms with Crippen LogP contribution in [0.25, 0.3) is 0 Å². The fourth-order valence-corrected chi connectivity index (χ4v) is 2.67. The molecule has 38 heavy (non-hydrogen) atoms. The van der Waals surface area contributed by atoms with Crippen molar-refractivity contribution in [1.82, 2.24) is 0 Å². The molecule has 0 unspecified atom stereocenters. The number of nitrogens with zero attached hydrogens (tertiary/aromatic N) is 1. The van der Waals surface area contributed by atoms with Crippen molar-refractivity contribution in [1.29, 1.82) is 0 Å². The monoisotopic (exact) mass is 600 g/mol. The second kappa shape index (κ2) is 14.1. The molecule has 0 fully saturated rings. The summed E-state index contributed by atoms with van der Waals surface area (Å²) in [7, 11) is -4.64. The van der Waals surface area contributed by atoms with Gasteiger partial charge < -0.3 is 30.2 Å². The highest BCUT2D eigenvalue weighted by Gasteiger charge is 2.37. The van der Waals surface area contributed by atoms with E-state index in [2.05, 4.69) is 0 Å². The third-order valence-corrected chi connectivity index (χ3v) is 4.08. The van der Waals surface area contributed by atoms with Crippen LogP contribution in [0.5, 0.6) is 0 Å². The zero-order chi connectivity index (χ0) is 29.3. The van der Waals surface area contributed by atoms with Gasteiger partial charge in [0, 0.05) is 10.7 Å². The average molecular weight is 601 g/mol. The third-order valence-electron chi connectivity index (χ3n) is 3.85. The van der Waals surface area contributed by atoms with Crippen LogP contribution in [0.1, 0.15) is 21.5 Å². The molecule has 0 bridgehead atoms. The number of amides is 1. The Labute approximate surface area is 214 Å². The Morgan fingerprint density at radius 2 is 1.34 bits per heavy atom. The van der Waals surface area contributed by atoms with Gasteiger partial charge in [-0.3, -0.25) is 4.79 Å². The van der Waals surface area contributed by atoms with E-state index in [1.165, 1.54) is 12.1 Å². The van der Waals surface area contributed by atoms with Crippen LogP contribution in [-0.2, 0) is 26.6 Å². The molecule has 0 aliphatic rings. The number of aliphatic hydroxyl groups is 2. The SMILES string of the molecule is O=C(Nc1cc(C(F)(F)F)cc(C(F)(F)F)c1)c1cc(Cl)ccc1N(OCCO)OCCO.O=P(O)(O)O. The summed E-state index contributed by atoms with van der Waals surface area (Å²) >= 11 is 5.89. The second-order valence-corrected chi connectivity index (χ2v) is 8.26. The number of nitrogens with one attached hydrogen (secondary N) is 1. The van der Waals surface area contributed by atoms with E-state index in [9.17, 15) is 31.1 Å². The first-order chi connectivity index (χ1) is 17.4. The molecule has 0 spiro atoms. The second-order valence-electron chi connectivity index (χ2n) is 6.79. The molecule has 2 aromatic carbocycles. The van der Waals surface area contributed by atoms with Crippen LogP contribution in [0, 0.1) is 0 Å². The summed E-state index contributed by atoms with van der Waals surface area (Å²) in [5.74, 6) is -1.13. The Kier molecular flexibility index (Phi) is 12.4. The number of carbonyl (C=O) groups excluding carboxylic acids is 1. The molecule has 11 nitrogen and oxygen atoms in total. The lowest BCUT2D eigenvalue weighted by molar-refractivity contribution is -0.143. The predicted molar refractivity (Wildman–Crippen MR) is 119 cm³/mol. The van der Waals surface area contributed by atoms with Crippen LogP contribution in [-0.4, -0.2) is 57.2 Å². The van der Waals surface area contributed by atoms with E-state index in [-0.39, 0.29) is 35.6 Å². The molecule has 0 aliphatic heterocycles. The average Bonchev–Trinajstić information content (AvgIpc) is 2.77. The van der Waals surface area contributed by atoms with Crippen molar-refractivity contribution in [2.24, 2.45) is 0 Å². The Balaban J connectivity index is 0.00000132. The zero-order valence-corrected chi connectivity index (χ0v) is 20.4. The van der Waals surface area contributed by atoms with Crippen LogP contribution < -0.4 is 10.5 Å². The summed E-state index contributed by atoms with van der Waals surface area (Å²) < 4.78 is 87.3. The first-order valence-corrected chi connectivity index (χ1v) is 11.8. The molecule has 1 amide bonds. The number of hydrogen-bond donors (Lipinski definition) is 6. The maximum Gasteiger partial charge on any atom is 0.466 e. The minimum absolute atomic E-state index is 0.00758. The molecule has 214 valence electrons. The van der Waals surface area contributed by atoms with Crippen LogP contribution in [0.4, 0.5) is 37.7 Å². The fraction of sp³-hybridized carbons (Fsp3) is 0.316. The quantitative estimate of drug-likeness (QED) is 0.143. The van der Waals surface area contributed by atoms with Crippen LogP contribution in [0.2, 0.25) is 5.02 Å². The van der Waals surface area contributed by atoms with Gasteiger partial charge in [-0.05, 0) is 36.4 Å². The number of rotatable bonds is 9. The number of phosphoric acid groups is 1. The van der Waals surface area contributed by atoms with Crippen molar-refractivity contribution < 1.29 is 70.3 Å². The fourth-order valence-electron chi connectivity index (χ4n) is 2.50. The third kappa shape index (κ3) is 11.9. The molecule has 0 aliphatic carbocycles. The van der Waals surface area contributed by atoms with Gasteiger partial charge in [-0.1, -0.05) is 11.6 Å². The van der Waals surface area contributed by atoms with Gasteiger partial charge in [0.15, 0.2) is 0 Å². The summed E-state index contributed by atoms with van der Waals surface area (Å²) in [4.78, 5) is 44.6. The molecule has 0 heterocycles. The van der Waals surface area contributed by atoms with E-state index >= 15 is 0 Å². The summed E-state index contributed by atoms with van der Waals surface area (Å²) in [6.45, 7) is -1.54. The van der Waals surface area contributed by atoms with E-state index in [4.69, 9.17) is 50.7 Å². The smallest absolute Gasteiger partial charge is 0.394 e. The molecule has 19 heteroatoms. The van der Waals surface area contributed by atoms with Crippen molar-refractivity contribution in [2.45, 2.75) is 12.4 Å². The Bertz CT molecular complexity index is 1080. The highest BCUT2D eigenvalue weighted by molar-refractivity contribution is 7.45. The number of halogens is 7. The molecular formula is C19H20ClF6N2O9P. The highest BCUT2D eigenvalue weighted by atomic mass is 35.5. The molecule has 0 saturated carbocycles. The van der Waals surface area contributed by atoms with Crippen molar-refractivity contribution in [3.8, 4) is 0 Å². The van der Waals surface area contributed by atoms with E-state index in [0.717, 1.165) is 6.07 Å². The van der Waals surface area contributed by atoms with Gasteiger partial charge >= 0.3 is 20.2 Å². The Morgan fingerprint density at radius 3 is 1.74 bits per heavy atom. The molecule has 0 aromatic heterocycles. The summed E-state index contributed by atoms with van der Waals surface area (Å²) in [5.41, 5.74) is -4.49. The van der Waals surface area contributed by atoms with Gasteiger partial charge in [-0.2, -0.15) is 26.3 Å². The van der Waals surface area contributed by atoms with Gasteiger partial charge in [-0.15, -0.1) is 5.23 Å². The van der Waals surface area contributed by atoms with E-state index < -0.39 is 56.1 Å². The predicted octanol–water partition coefficient (Wildman–Crippen LogP) is 3.36. The summed E-state index contributed by atoms with van der Waals surface area (Å²) in [5, 5.41) is 20.5. The number of anilines is 2. The zero-order valence-electron chi connectivity index (χ0n) is 18.7. The molecule has 0 saturated heterocycles. The molecular weight excluding hydrogens is 581 g/mol. The minimum Gasteiger partial charge on any atom is -0.394 e. The number of aliphatic hydroxyl groups excluding tert-OH is 2. The van der Waals surface area contributed by atoms with Gasteiger partial charge in [0.1, 0.15) is 18.9 Å². The minimum atomic E-state index is -5.10. The number of carbonyl (C=O) groups is 1. The molecule has 0 atom stereocenters. The summed E-state index contributed by atoms with van der Waals surface area (Å²) in [6.07, 6.45) is -10.2. The first kappa shape index (κ1) is 33.6. The number of hydrogen-bond acceptors (Lipinski definition) is 7. The van der Waals surface area contributed by atoms with Gasteiger partial charge in [0.05, 0.1) is 29.9 Å². The van der Waals surface area contributed by atoms with Gasteiger partial charge in [0.2, 0.25) is 0 Å². The Hall–Kier alpha value is -2.47. The lowest BCUT2D eigenvalue weighted by Gasteiger charge is -2.24. The van der Waals surface area contributed by atoms with E-state index in [1.807, 2.05) is 5.32 Å². The lowest BCUT2D eigenvalue weighted by atomic mass is 10.1. The standard InChI is InChI=1S/C19H17ClF6N2O5.H3O4P/c20-13-1-2-16(28(32-5-3-29)33-6-4-30)15(10-13)17(31)27-14-8-11(18(21,22)23)7-12(9-14)19(24,25)26;1-5(2,3)4/h1-2,7-10,29-30H,3-6H2,(H,27,31);(H3,1,2,3,4). The van der Waals surface area contributed by atoms with Crippen molar-refractivity contribution in [3.63, 3.8) is 0 Å². The van der Waals surface area contributed by atoms with Gasteiger partial charge in [-0.25, -0.2) is 14.2 Å². The molecule has 0 radical (unpaired) electrons. The normalized spacial score (nSPS) is 12.0. The van der Waals surface area contributed by atoms with Crippen molar-refractivity contribution >= 4 is 36.7 Å². The molecule has 6 N–H and O–H groups in total. The first-order valence-electron chi connectivity index (χ1n) is 9.83.